The van der Waals surface area contributed by atoms with Gasteiger partial charge in [-0.05, 0) is 90.5 Å². The molecule has 0 amide bonds. The fraction of sp³-hybridized carbons (Fsp3) is 0.613. The second-order valence-corrected chi connectivity index (χ2v) is 10.8. The number of methoxy groups -OCH3 is 1. The monoisotopic (exact) mass is 432 g/mol. The fourth-order valence-corrected chi connectivity index (χ4v) is 6.68. The molecule has 2 aromatic carbocycles. The van der Waals surface area contributed by atoms with E-state index in [-0.39, 0.29) is 0 Å². The molecule has 1 heteroatoms. The van der Waals surface area contributed by atoms with E-state index in [0.29, 0.717) is 5.92 Å². The molecule has 0 aliphatic heterocycles. The molecule has 0 N–H and O–H groups in total. The number of benzene rings is 2. The molecule has 174 valence electrons. The molecule has 2 aliphatic carbocycles. The van der Waals surface area contributed by atoms with Crippen LogP contribution in [-0.4, -0.2) is 7.11 Å². The largest absolute Gasteiger partial charge is 0.497 e. The van der Waals surface area contributed by atoms with E-state index >= 15 is 0 Å². The molecule has 0 unspecified atom stereocenters. The molecule has 2 aromatic rings. The van der Waals surface area contributed by atoms with E-state index in [1.165, 1.54) is 87.3 Å². The van der Waals surface area contributed by atoms with Crippen LogP contribution >= 0.6 is 0 Å². The van der Waals surface area contributed by atoms with Crippen molar-refractivity contribution >= 4 is 0 Å². The summed E-state index contributed by atoms with van der Waals surface area (Å²) in [6.45, 7) is 4.78. The molecule has 1 atom stereocenters. The summed E-state index contributed by atoms with van der Waals surface area (Å²) in [6, 6.07) is 17.7. The van der Waals surface area contributed by atoms with Gasteiger partial charge in [0.15, 0.2) is 0 Å². The van der Waals surface area contributed by atoms with Crippen LogP contribution in [-0.2, 0) is 0 Å². The van der Waals surface area contributed by atoms with Gasteiger partial charge in [0.2, 0.25) is 0 Å². The van der Waals surface area contributed by atoms with Crippen molar-refractivity contribution in [3.8, 4) is 16.9 Å². The summed E-state index contributed by atoms with van der Waals surface area (Å²) < 4.78 is 5.28. The topological polar surface area (TPSA) is 9.23 Å². The van der Waals surface area contributed by atoms with Gasteiger partial charge in [0.25, 0.3) is 0 Å². The van der Waals surface area contributed by atoms with Gasteiger partial charge < -0.3 is 4.74 Å². The predicted molar refractivity (Wildman–Crippen MR) is 137 cm³/mol. The zero-order valence-electron chi connectivity index (χ0n) is 20.7. The minimum absolute atomic E-state index is 0.658. The van der Waals surface area contributed by atoms with Crippen molar-refractivity contribution in [2.24, 2.45) is 23.7 Å². The number of rotatable bonds is 8. The van der Waals surface area contributed by atoms with Gasteiger partial charge in [-0.25, -0.2) is 0 Å². The standard InChI is InChI=1S/C31H44O/c1-4-5-24-6-10-27(11-7-24)28-12-8-25(9-13-28)22-23(2)26-14-16-29(17-15-26)30-18-20-31(32-3)21-19-30/h14-21,23-25,27-28H,4-13,22H2,1-3H3/t23-,24?,25?,27?,28?/m1/s1. The van der Waals surface area contributed by atoms with E-state index < -0.39 is 0 Å². The summed E-state index contributed by atoms with van der Waals surface area (Å²) in [6.07, 6.45) is 16.2. The van der Waals surface area contributed by atoms with E-state index in [1.54, 1.807) is 7.11 Å². The lowest BCUT2D eigenvalue weighted by Gasteiger charge is -2.38. The molecule has 2 fully saturated rings. The van der Waals surface area contributed by atoms with Crippen LogP contribution in [0.1, 0.15) is 96.0 Å². The molecule has 4 rings (SSSR count). The fourth-order valence-electron chi connectivity index (χ4n) is 6.68. The van der Waals surface area contributed by atoms with Crippen LogP contribution in [0.4, 0.5) is 0 Å². The van der Waals surface area contributed by atoms with Crippen molar-refractivity contribution in [3.05, 3.63) is 54.1 Å². The molecule has 1 nitrogen and oxygen atoms in total. The first-order valence-corrected chi connectivity index (χ1v) is 13.4. The zero-order valence-corrected chi connectivity index (χ0v) is 20.7. The van der Waals surface area contributed by atoms with Crippen molar-refractivity contribution in [3.63, 3.8) is 0 Å². The highest BCUT2D eigenvalue weighted by molar-refractivity contribution is 5.64. The second kappa shape index (κ2) is 11.4. The highest BCUT2D eigenvalue weighted by Gasteiger charge is 2.31. The Hall–Kier alpha value is -1.76. The third-order valence-electron chi connectivity index (χ3n) is 8.74. The summed E-state index contributed by atoms with van der Waals surface area (Å²) in [7, 11) is 1.72. The van der Waals surface area contributed by atoms with Crippen LogP contribution in [0.25, 0.3) is 11.1 Å². The zero-order chi connectivity index (χ0) is 22.3. The molecular formula is C31H44O. The van der Waals surface area contributed by atoms with Gasteiger partial charge in [-0.3, -0.25) is 0 Å². The Kier molecular flexibility index (Phi) is 8.33. The Bertz CT molecular complexity index is 789. The first-order chi connectivity index (χ1) is 15.7. The molecule has 0 saturated heterocycles. The van der Waals surface area contributed by atoms with Crippen molar-refractivity contribution in [1.29, 1.82) is 0 Å². The van der Waals surface area contributed by atoms with Gasteiger partial charge in [-0.15, -0.1) is 0 Å². The lowest BCUT2D eigenvalue weighted by atomic mass is 9.67. The quantitative estimate of drug-likeness (QED) is 0.404. The van der Waals surface area contributed by atoms with Gasteiger partial charge in [0.1, 0.15) is 5.75 Å². The van der Waals surface area contributed by atoms with Crippen LogP contribution in [0.5, 0.6) is 5.75 Å². The third-order valence-corrected chi connectivity index (χ3v) is 8.74. The van der Waals surface area contributed by atoms with Gasteiger partial charge in [0, 0.05) is 0 Å². The van der Waals surface area contributed by atoms with Crippen molar-refractivity contribution in [2.75, 3.05) is 7.11 Å². The average molecular weight is 433 g/mol. The number of ether oxygens (including phenoxy) is 1. The molecule has 2 aliphatic rings. The molecule has 0 radical (unpaired) electrons. The molecule has 0 bridgehead atoms. The van der Waals surface area contributed by atoms with Gasteiger partial charge in [-0.1, -0.05) is 88.8 Å². The van der Waals surface area contributed by atoms with E-state index in [9.17, 15) is 0 Å². The maximum Gasteiger partial charge on any atom is 0.118 e. The highest BCUT2D eigenvalue weighted by Crippen LogP contribution is 2.44. The van der Waals surface area contributed by atoms with Gasteiger partial charge >= 0.3 is 0 Å². The number of hydrogen-bond donors (Lipinski definition) is 0. The number of hydrogen-bond acceptors (Lipinski definition) is 1. The van der Waals surface area contributed by atoms with Gasteiger partial charge in [-0.2, -0.15) is 0 Å². The minimum Gasteiger partial charge on any atom is -0.497 e. The van der Waals surface area contributed by atoms with Crippen molar-refractivity contribution in [2.45, 2.75) is 90.4 Å². The predicted octanol–water partition coefficient (Wildman–Crippen LogP) is 9.27. The van der Waals surface area contributed by atoms with Crippen LogP contribution in [0, 0.1) is 23.7 Å². The lowest BCUT2D eigenvalue weighted by molar-refractivity contribution is 0.139. The first-order valence-electron chi connectivity index (χ1n) is 13.4. The SMILES string of the molecule is CCCC1CCC(C2CCC(C[C@@H](C)c3ccc(-c4ccc(OC)cc4)cc3)CC2)CC1. The highest BCUT2D eigenvalue weighted by atomic mass is 16.5. The third kappa shape index (κ3) is 5.97. The van der Waals surface area contributed by atoms with Gasteiger partial charge in [0.05, 0.1) is 7.11 Å². The van der Waals surface area contributed by atoms with E-state index in [4.69, 9.17) is 4.74 Å². The molecular weight excluding hydrogens is 388 g/mol. The summed E-state index contributed by atoms with van der Waals surface area (Å²) in [5, 5.41) is 0. The van der Waals surface area contributed by atoms with E-state index in [1.807, 2.05) is 12.1 Å². The Morgan fingerprint density at radius 3 is 1.72 bits per heavy atom. The van der Waals surface area contributed by atoms with Crippen molar-refractivity contribution < 1.29 is 4.74 Å². The second-order valence-electron chi connectivity index (χ2n) is 10.8. The maximum atomic E-state index is 5.28. The van der Waals surface area contributed by atoms with Crippen LogP contribution < -0.4 is 4.74 Å². The Morgan fingerprint density at radius 1 is 0.719 bits per heavy atom. The Balaban J connectivity index is 1.24. The van der Waals surface area contributed by atoms with E-state index in [0.717, 1.165) is 29.4 Å². The molecule has 0 spiro atoms. The summed E-state index contributed by atoms with van der Waals surface area (Å²) in [5.74, 6) is 5.63. The van der Waals surface area contributed by atoms with E-state index in [2.05, 4.69) is 50.2 Å². The molecule has 0 heterocycles. The maximum absolute atomic E-state index is 5.28. The molecule has 2 saturated carbocycles. The molecule has 32 heavy (non-hydrogen) atoms. The summed E-state index contributed by atoms with van der Waals surface area (Å²) in [4.78, 5) is 0. The average Bonchev–Trinajstić information content (AvgIpc) is 2.85. The summed E-state index contributed by atoms with van der Waals surface area (Å²) >= 11 is 0. The lowest BCUT2D eigenvalue weighted by Crippen LogP contribution is -2.26. The normalized spacial score (nSPS) is 27.1. The Labute approximate surface area is 197 Å². The summed E-state index contributed by atoms with van der Waals surface area (Å²) in [5.41, 5.74) is 4.04. The van der Waals surface area contributed by atoms with Crippen molar-refractivity contribution in [1.82, 2.24) is 0 Å². The van der Waals surface area contributed by atoms with Crippen LogP contribution in [0.15, 0.2) is 48.5 Å². The first kappa shape index (κ1) is 23.4. The molecule has 0 aromatic heterocycles. The minimum atomic E-state index is 0.658. The van der Waals surface area contributed by atoms with Crippen LogP contribution in [0.3, 0.4) is 0 Å². The smallest absolute Gasteiger partial charge is 0.118 e. The Morgan fingerprint density at radius 2 is 1.22 bits per heavy atom. The van der Waals surface area contributed by atoms with Crippen LogP contribution in [0.2, 0.25) is 0 Å².